The highest BCUT2D eigenvalue weighted by molar-refractivity contribution is 7.99. The number of nitrogens with one attached hydrogen (secondary N) is 1. The van der Waals surface area contributed by atoms with Crippen LogP contribution in [0.15, 0.2) is 46.0 Å². The van der Waals surface area contributed by atoms with E-state index in [1.165, 1.54) is 35.2 Å². The summed E-state index contributed by atoms with van der Waals surface area (Å²) in [5.74, 6) is -1.34. The maximum atomic E-state index is 14.5. The van der Waals surface area contributed by atoms with Gasteiger partial charge in [0.1, 0.15) is 18.0 Å². The topological polar surface area (TPSA) is 104 Å². The first kappa shape index (κ1) is 27.5. The van der Waals surface area contributed by atoms with Crippen molar-refractivity contribution in [2.24, 2.45) is 4.99 Å². The number of rotatable bonds is 10. The van der Waals surface area contributed by atoms with Crippen molar-refractivity contribution in [3.05, 3.63) is 62.5 Å². The van der Waals surface area contributed by atoms with E-state index in [1.54, 1.807) is 18.5 Å². The Kier molecular flexibility index (Phi) is 9.17. The number of benzene rings is 1. The maximum Gasteiger partial charge on any atom is 0.338 e. The molecule has 13 heteroatoms. The van der Waals surface area contributed by atoms with E-state index in [9.17, 15) is 18.4 Å². The molecule has 8 nitrogen and oxygen atoms in total. The van der Waals surface area contributed by atoms with E-state index in [0.717, 1.165) is 6.07 Å². The normalized spacial score (nSPS) is 22.1. The molecule has 2 N–H and O–H groups in total. The van der Waals surface area contributed by atoms with Crippen molar-refractivity contribution < 1.29 is 28.2 Å². The number of halogens is 3. The molecule has 0 bridgehead atoms. The van der Waals surface area contributed by atoms with Crippen LogP contribution in [0.2, 0.25) is 5.02 Å². The second kappa shape index (κ2) is 12.3. The fraction of sp³-hybridized carbons (Fsp3) is 0.417. The molecule has 0 saturated carbocycles. The van der Waals surface area contributed by atoms with Gasteiger partial charge in [-0.2, -0.15) is 0 Å². The third-order valence-corrected chi connectivity index (χ3v) is 8.07. The molecule has 4 rings (SSSR count). The zero-order valence-corrected chi connectivity index (χ0v) is 22.2. The van der Waals surface area contributed by atoms with E-state index in [-0.39, 0.29) is 48.5 Å². The van der Waals surface area contributed by atoms with Crippen molar-refractivity contribution in [1.82, 2.24) is 15.2 Å². The molecule has 2 aliphatic rings. The van der Waals surface area contributed by atoms with E-state index in [1.807, 2.05) is 4.90 Å². The lowest BCUT2D eigenvalue weighted by Crippen LogP contribution is -2.42. The summed E-state index contributed by atoms with van der Waals surface area (Å²) < 4.78 is 33.7. The van der Waals surface area contributed by atoms with Crippen LogP contribution in [0.4, 0.5) is 8.78 Å². The lowest BCUT2D eigenvalue weighted by atomic mass is 9.95. The number of hydrogen-bond acceptors (Lipinski definition) is 9. The Morgan fingerprint density at radius 1 is 1.41 bits per heavy atom. The number of thioether (sulfide) groups is 1. The van der Waals surface area contributed by atoms with Crippen LogP contribution in [-0.2, 0) is 14.3 Å². The molecular weight excluding hydrogens is 546 g/mol. The van der Waals surface area contributed by atoms with Gasteiger partial charge in [0.25, 0.3) is 0 Å². The third kappa shape index (κ3) is 6.67. The Hall–Kier alpha value is -2.54. The van der Waals surface area contributed by atoms with Gasteiger partial charge in [-0.05, 0) is 25.5 Å². The Balaban J connectivity index is 1.74. The minimum Gasteiger partial charge on any atom is -0.481 e. The molecular formula is C24H25ClF2N4O4S2. The van der Waals surface area contributed by atoms with Gasteiger partial charge in [-0.25, -0.2) is 18.6 Å². The van der Waals surface area contributed by atoms with Gasteiger partial charge in [0.2, 0.25) is 0 Å². The van der Waals surface area contributed by atoms with Gasteiger partial charge in [0.05, 0.1) is 17.9 Å². The molecule has 37 heavy (non-hydrogen) atoms. The SMILES string of the molecule is CCOC(=O)C1=C(CN2CC(F)CC2CSCC(=O)O)NC(c2nccs2)=N[C@H]1c1ccc(F)cc1Cl. The molecule has 0 aliphatic carbocycles. The number of likely N-dealkylation sites (tertiary alicyclic amines) is 1. The van der Waals surface area contributed by atoms with E-state index in [2.05, 4.69) is 10.3 Å². The summed E-state index contributed by atoms with van der Waals surface area (Å²) in [6.07, 6.45) is 0.799. The van der Waals surface area contributed by atoms with Crippen molar-refractivity contribution in [2.45, 2.75) is 31.6 Å². The quantitative estimate of drug-likeness (QED) is 0.412. The lowest BCUT2D eigenvalue weighted by Gasteiger charge is -2.31. The number of aromatic nitrogens is 1. The second-order valence-corrected chi connectivity index (χ2v) is 10.8. The van der Waals surface area contributed by atoms with Gasteiger partial charge in [0.15, 0.2) is 10.8 Å². The van der Waals surface area contributed by atoms with Gasteiger partial charge < -0.3 is 15.2 Å². The number of aliphatic carboxylic acids is 1. The number of aliphatic imine (C=N–C) groups is 1. The van der Waals surface area contributed by atoms with Crippen LogP contribution in [-0.4, -0.2) is 76.2 Å². The molecule has 1 aromatic heterocycles. The van der Waals surface area contributed by atoms with Crippen molar-refractivity contribution >= 4 is 52.5 Å². The van der Waals surface area contributed by atoms with Crippen molar-refractivity contribution in [1.29, 1.82) is 0 Å². The average molecular weight is 571 g/mol. The number of nitrogens with zero attached hydrogens (tertiary/aromatic N) is 3. The van der Waals surface area contributed by atoms with E-state index < -0.39 is 30.0 Å². The molecule has 2 aromatic rings. The highest BCUT2D eigenvalue weighted by atomic mass is 35.5. The molecule has 1 fully saturated rings. The molecule has 2 unspecified atom stereocenters. The summed E-state index contributed by atoms with van der Waals surface area (Å²) in [7, 11) is 0. The first-order chi connectivity index (χ1) is 17.8. The Morgan fingerprint density at radius 2 is 2.22 bits per heavy atom. The number of hydrogen-bond donors (Lipinski definition) is 2. The monoisotopic (exact) mass is 570 g/mol. The molecule has 0 amide bonds. The molecule has 1 saturated heterocycles. The molecule has 1 aromatic carbocycles. The van der Waals surface area contributed by atoms with Crippen molar-refractivity contribution in [3.8, 4) is 0 Å². The molecule has 0 spiro atoms. The largest absolute Gasteiger partial charge is 0.481 e. The Labute approximate surface area is 225 Å². The highest BCUT2D eigenvalue weighted by Crippen LogP contribution is 2.37. The van der Waals surface area contributed by atoms with Crippen LogP contribution < -0.4 is 5.32 Å². The number of ether oxygens (including phenoxy) is 1. The van der Waals surface area contributed by atoms with Crippen LogP contribution in [0, 0.1) is 5.82 Å². The summed E-state index contributed by atoms with van der Waals surface area (Å²) in [6.45, 7) is 2.09. The minimum absolute atomic E-state index is 0.0810. The third-order valence-electron chi connectivity index (χ3n) is 5.89. The molecule has 198 valence electrons. The average Bonchev–Trinajstić information content (AvgIpc) is 3.49. The predicted octanol–water partition coefficient (Wildman–Crippen LogP) is 4.07. The number of esters is 1. The van der Waals surface area contributed by atoms with Gasteiger partial charge >= 0.3 is 11.9 Å². The minimum atomic E-state index is -1.08. The van der Waals surface area contributed by atoms with Gasteiger partial charge in [-0.1, -0.05) is 17.7 Å². The fourth-order valence-electron chi connectivity index (χ4n) is 4.34. The van der Waals surface area contributed by atoms with Crippen LogP contribution in [0.25, 0.3) is 0 Å². The Morgan fingerprint density at radius 3 is 2.89 bits per heavy atom. The zero-order valence-electron chi connectivity index (χ0n) is 19.8. The Bertz CT molecular complexity index is 1210. The summed E-state index contributed by atoms with van der Waals surface area (Å²) in [4.78, 5) is 35.1. The number of alkyl halides is 1. The molecule has 3 heterocycles. The molecule has 2 aliphatic heterocycles. The van der Waals surface area contributed by atoms with Crippen LogP contribution in [0.3, 0.4) is 0 Å². The first-order valence-electron chi connectivity index (χ1n) is 11.5. The van der Waals surface area contributed by atoms with Gasteiger partial charge in [-0.3, -0.25) is 14.7 Å². The van der Waals surface area contributed by atoms with E-state index in [0.29, 0.717) is 27.9 Å². The zero-order chi connectivity index (χ0) is 26.5. The highest BCUT2D eigenvalue weighted by Gasteiger charge is 2.38. The van der Waals surface area contributed by atoms with Crippen molar-refractivity contribution in [2.75, 3.05) is 31.2 Å². The van der Waals surface area contributed by atoms with E-state index in [4.69, 9.17) is 26.4 Å². The first-order valence-corrected chi connectivity index (χ1v) is 14.0. The maximum absolute atomic E-state index is 14.5. The fourth-order valence-corrected chi connectivity index (χ4v) is 6.11. The number of amidine groups is 1. The van der Waals surface area contributed by atoms with Crippen LogP contribution in [0.5, 0.6) is 0 Å². The molecule has 3 atom stereocenters. The second-order valence-electron chi connectivity index (χ2n) is 8.45. The smallest absolute Gasteiger partial charge is 0.338 e. The number of carboxylic acids is 1. The predicted molar refractivity (Wildman–Crippen MR) is 139 cm³/mol. The summed E-state index contributed by atoms with van der Waals surface area (Å²) in [6, 6.07) is 2.74. The number of carbonyl (C=O) groups is 2. The number of thiazole rings is 1. The number of carbonyl (C=O) groups excluding carboxylic acids is 1. The summed E-state index contributed by atoms with van der Waals surface area (Å²) >= 11 is 8.96. The van der Waals surface area contributed by atoms with E-state index >= 15 is 0 Å². The van der Waals surface area contributed by atoms with Gasteiger partial charge in [-0.15, -0.1) is 23.1 Å². The van der Waals surface area contributed by atoms with Crippen molar-refractivity contribution in [3.63, 3.8) is 0 Å². The number of carboxylic acid groups (broad SMARTS) is 1. The van der Waals surface area contributed by atoms with Crippen LogP contribution >= 0.6 is 34.7 Å². The summed E-state index contributed by atoms with van der Waals surface area (Å²) in [5, 5.41) is 14.6. The molecule has 0 radical (unpaired) electrons. The standard InChI is InChI=1S/C24H25ClF2N4O4S2/c1-2-35-24(34)20-18(10-31-9-14(27)7-15(31)11-36-12-19(32)33)29-22(23-28-5-6-37-23)30-21(20)16-4-3-13(26)8-17(16)25/h3-6,8,14-15,21H,2,7,9-12H2,1H3,(H,29,30)(H,32,33)/t14?,15?,21-/m0/s1. The van der Waals surface area contributed by atoms with Crippen LogP contribution in [0.1, 0.15) is 30.0 Å². The summed E-state index contributed by atoms with van der Waals surface area (Å²) in [5.41, 5.74) is 1.05. The van der Waals surface area contributed by atoms with Gasteiger partial charge in [0, 0.05) is 52.7 Å². The lowest BCUT2D eigenvalue weighted by molar-refractivity contribution is -0.139.